The monoisotopic (exact) mass is 453 g/mol. The Morgan fingerprint density at radius 1 is 1.28 bits per heavy atom. The van der Waals surface area contributed by atoms with Crippen LogP contribution in [0.5, 0.6) is 0 Å². The van der Waals surface area contributed by atoms with Crippen molar-refractivity contribution in [3.63, 3.8) is 0 Å². The van der Waals surface area contributed by atoms with Crippen LogP contribution in [0.1, 0.15) is 37.7 Å². The first-order valence-electron chi connectivity index (χ1n) is 9.64. The van der Waals surface area contributed by atoms with Gasteiger partial charge < -0.3 is 10.0 Å². The van der Waals surface area contributed by atoms with Crippen molar-refractivity contribution in [3.05, 3.63) is 41.0 Å². The third-order valence-corrected chi connectivity index (χ3v) is 7.35. The number of carbonyl (C=O) groups excluding carboxylic acids is 1. The van der Waals surface area contributed by atoms with Crippen molar-refractivity contribution in [2.45, 2.75) is 48.8 Å². The van der Waals surface area contributed by atoms with Crippen molar-refractivity contribution in [1.29, 1.82) is 0 Å². The molecule has 1 aliphatic carbocycles. The highest BCUT2D eigenvalue weighted by Gasteiger charge is 2.26. The lowest BCUT2D eigenvalue weighted by Crippen LogP contribution is -2.45. The van der Waals surface area contributed by atoms with Crippen molar-refractivity contribution in [1.82, 2.24) is 9.88 Å². The second-order valence-electron chi connectivity index (χ2n) is 6.92. The van der Waals surface area contributed by atoms with E-state index < -0.39 is 5.97 Å². The molecule has 3 rings (SSSR count). The van der Waals surface area contributed by atoms with Gasteiger partial charge in [0.05, 0.1) is 16.2 Å². The number of amides is 2. The maximum Gasteiger partial charge on any atom is 0.323 e. The minimum atomic E-state index is -0.878. The van der Waals surface area contributed by atoms with E-state index in [0.29, 0.717) is 18.1 Å². The number of nitrogens with one attached hydrogen (secondary N) is 1. The molecule has 9 heteroatoms. The summed E-state index contributed by atoms with van der Waals surface area (Å²) in [6, 6.07) is 7.78. The van der Waals surface area contributed by atoms with Crippen LogP contribution in [0.3, 0.4) is 0 Å². The fourth-order valence-corrected chi connectivity index (χ4v) is 5.28. The van der Waals surface area contributed by atoms with Gasteiger partial charge in [-0.3, -0.25) is 10.1 Å². The molecule has 0 bridgehead atoms. The fourth-order valence-electron chi connectivity index (χ4n) is 3.46. The molecule has 156 valence electrons. The molecular formula is C20H24ClN3O3S2. The standard InChI is InChI=1S/C20H24ClN3O3S2/c21-16-9-5-4-6-14(16)10-11-24(15-7-2-1-3-8-15)20(27)23-19-22-12-18(29-19)28-13-17(25)26/h4-6,9,12,15H,1-3,7-8,10-11,13H2,(H,25,26)(H,22,23,27). The average Bonchev–Trinajstić information content (AvgIpc) is 3.16. The number of carboxylic acids is 1. The Balaban J connectivity index is 1.65. The number of carbonyl (C=O) groups is 2. The van der Waals surface area contributed by atoms with Gasteiger partial charge in [0, 0.05) is 17.6 Å². The van der Waals surface area contributed by atoms with E-state index in [1.54, 1.807) is 6.20 Å². The number of urea groups is 1. The van der Waals surface area contributed by atoms with Crippen LogP contribution < -0.4 is 5.32 Å². The Bertz CT molecular complexity index is 840. The zero-order valence-corrected chi connectivity index (χ0v) is 18.4. The second-order valence-corrected chi connectivity index (χ2v) is 9.64. The molecule has 1 aromatic carbocycles. The first kappa shape index (κ1) is 21.9. The summed E-state index contributed by atoms with van der Waals surface area (Å²) in [5, 5.41) is 12.9. The lowest BCUT2D eigenvalue weighted by Gasteiger charge is -2.34. The van der Waals surface area contributed by atoms with Crippen LogP contribution in [-0.4, -0.2) is 45.3 Å². The topological polar surface area (TPSA) is 82.5 Å². The molecule has 0 atom stereocenters. The number of aliphatic carboxylic acids is 1. The summed E-state index contributed by atoms with van der Waals surface area (Å²) >= 11 is 8.78. The Morgan fingerprint density at radius 2 is 2.03 bits per heavy atom. The zero-order valence-electron chi connectivity index (χ0n) is 16.0. The van der Waals surface area contributed by atoms with Gasteiger partial charge in [-0.25, -0.2) is 9.78 Å². The number of nitrogens with zero attached hydrogens (tertiary/aromatic N) is 2. The number of thioether (sulfide) groups is 1. The minimum Gasteiger partial charge on any atom is -0.481 e. The van der Waals surface area contributed by atoms with Crippen LogP contribution in [0.4, 0.5) is 9.93 Å². The van der Waals surface area contributed by atoms with Crippen LogP contribution in [0, 0.1) is 0 Å². The molecule has 1 aliphatic rings. The largest absolute Gasteiger partial charge is 0.481 e. The Kier molecular flexibility index (Phi) is 8.20. The summed E-state index contributed by atoms with van der Waals surface area (Å²) in [5.41, 5.74) is 1.03. The molecule has 0 saturated heterocycles. The van der Waals surface area contributed by atoms with Gasteiger partial charge >= 0.3 is 12.0 Å². The third-order valence-electron chi connectivity index (χ3n) is 4.89. The summed E-state index contributed by atoms with van der Waals surface area (Å²) in [5.74, 6) is -0.904. The van der Waals surface area contributed by atoms with Crippen molar-refractivity contribution in [3.8, 4) is 0 Å². The predicted octanol–water partition coefficient (Wildman–Crippen LogP) is 5.38. The molecule has 1 saturated carbocycles. The molecule has 2 amide bonds. The van der Waals surface area contributed by atoms with Crippen LogP contribution in [0.2, 0.25) is 5.02 Å². The number of benzene rings is 1. The molecule has 29 heavy (non-hydrogen) atoms. The van der Waals surface area contributed by atoms with Crippen LogP contribution in [0.25, 0.3) is 0 Å². The quantitative estimate of drug-likeness (QED) is 0.524. The van der Waals surface area contributed by atoms with Crippen molar-refractivity contribution >= 4 is 51.8 Å². The lowest BCUT2D eigenvalue weighted by molar-refractivity contribution is -0.133. The summed E-state index contributed by atoms with van der Waals surface area (Å²) in [4.78, 5) is 29.9. The smallest absolute Gasteiger partial charge is 0.323 e. The van der Waals surface area contributed by atoms with E-state index >= 15 is 0 Å². The number of hydrogen-bond acceptors (Lipinski definition) is 5. The molecule has 2 aromatic rings. The number of hydrogen-bond donors (Lipinski definition) is 2. The van der Waals surface area contributed by atoms with Gasteiger partial charge in [-0.15, -0.1) is 11.8 Å². The van der Waals surface area contributed by atoms with Gasteiger partial charge in [0.25, 0.3) is 0 Å². The third kappa shape index (κ3) is 6.62. The predicted molar refractivity (Wildman–Crippen MR) is 118 cm³/mol. The van der Waals surface area contributed by atoms with Crippen LogP contribution in [-0.2, 0) is 11.2 Å². The van der Waals surface area contributed by atoms with Gasteiger partial charge in [-0.1, -0.05) is 60.4 Å². The summed E-state index contributed by atoms with van der Waals surface area (Å²) in [6.07, 6.45) is 7.79. The highest BCUT2D eigenvalue weighted by molar-refractivity contribution is 8.01. The number of rotatable bonds is 8. The Morgan fingerprint density at radius 3 is 2.76 bits per heavy atom. The molecule has 0 unspecified atom stereocenters. The molecule has 0 spiro atoms. The Hall–Kier alpha value is -1.77. The number of thiazole rings is 1. The van der Waals surface area contributed by atoms with E-state index in [4.69, 9.17) is 16.7 Å². The van der Waals surface area contributed by atoms with Crippen LogP contribution >= 0.6 is 34.7 Å². The molecule has 0 aliphatic heterocycles. The molecule has 1 heterocycles. The van der Waals surface area contributed by atoms with Crippen molar-refractivity contribution in [2.75, 3.05) is 17.6 Å². The Labute approximate surface area is 183 Å². The highest BCUT2D eigenvalue weighted by Crippen LogP contribution is 2.29. The molecule has 0 radical (unpaired) electrons. The SMILES string of the molecule is O=C(O)CSc1cnc(NC(=O)N(CCc2ccccc2Cl)C2CCCCC2)s1. The van der Waals surface area contributed by atoms with Gasteiger partial charge in [0.15, 0.2) is 5.13 Å². The molecular weight excluding hydrogens is 430 g/mol. The van der Waals surface area contributed by atoms with E-state index in [1.807, 2.05) is 29.2 Å². The summed E-state index contributed by atoms with van der Waals surface area (Å²) in [7, 11) is 0. The number of anilines is 1. The summed E-state index contributed by atoms with van der Waals surface area (Å²) in [6.45, 7) is 0.590. The average molecular weight is 454 g/mol. The highest BCUT2D eigenvalue weighted by atomic mass is 35.5. The number of aromatic nitrogens is 1. The van der Waals surface area contributed by atoms with Crippen LogP contribution in [0.15, 0.2) is 34.7 Å². The first-order valence-corrected chi connectivity index (χ1v) is 11.8. The molecule has 6 nitrogen and oxygen atoms in total. The second kappa shape index (κ2) is 10.8. The van der Waals surface area contributed by atoms with Gasteiger partial charge in [0.2, 0.25) is 0 Å². The lowest BCUT2D eigenvalue weighted by atomic mass is 9.94. The van der Waals surface area contributed by atoms with Gasteiger partial charge in [-0.05, 0) is 30.9 Å². The normalized spacial score (nSPS) is 14.5. The first-order chi connectivity index (χ1) is 14.0. The van der Waals surface area contributed by atoms with E-state index in [0.717, 1.165) is 40.5 Å². The van der Waals surface area contributed by atoms with Crippen molar-refractivity contribution in [2.24, 2.45) is 0 Å². The summed E-state index contributed by atoms with van der Waals surface area (Å²) < 4.78 is 0.767. The minimum absolute atomic E-state index is 0.0262. The molecule has 2 N–H and O–H groups in total. The van der Waals surface area contributed by atoms with Gasteiger partial charge in [-0.2, -0.15) is 0 Å². The number of carboxylic acid groups (broad SMARTS) is 1. The zero-order chi connectivity index (χ0) is 20.6. The van der Waals surface area contributed by atoms with E-state index in [-0.39, 0.29) is 17.8 Å². The molecule has 1 aromatic heterocycles. The van der Waals surface area contributed by atoms with Crippen molar-refractivity contribution < 1.29 is 14.7 Å². The maximum absolute atomic E-state index is 13.0. The van der Waals surface area contributed by atoms with E-state index in [1.165, 1.54) is 29.5 Å². The van der Waals surface area contributed by atoms with Gasteiger partial charge in [0.1, 0.15) is 0 Å². The fraction of sp³-hybridized carbons (Fsp3) is 0.450. The number of halogens is 1. The van der Waals surface area contributed by atoms with E-state index in [2.05, 4.69) is 10.3 Å². The molecule has 1 fully saturated rings. The van der Waals surface area contributed by atoms with E-state index in [9.17, 15) is 9.59 Å². The maximum atomic E-state index is 13.0.